The second-order valence-electron chi connectivity index (χ2n) is 5.01. The number of hydrogen-bond donors (Lipinski definition) is 2. The van der Waals surface area contributed by atoms with Gasteiger partial charge < -0.3 is 10.2 Å². The van der Waals surface area contributed by atoms with Crippen LogP contribution in [0.25, 0.3) is 21.6 Å². The van der Waals surface area contributed by atoms with Gasteiger partial charge in [0.2, 0.25) is 0 Å². The van der Waals surface area contributed by atoms with Crippen molar-refractivity contribution in [1.82, 2.24) is 0 Å². The third-order valence-corrected chi connectivity index (χ3v) is 4.83. The molecule has 3 nitrogen and oxygen atoms in total. The molecule has 3 rings (SSSR count). The average Bonchev–Trinajstić information content (AvgIpc) is 2.86. The summed E-state index contributed by atoms with van der Waals surface area (Å²) in [5.41, 5.74) is 3.78. The fourth-order valence-electron chi connectivity index (χ4n) is 2.49. The molecule has 0 saturated heterocycles. The number of carbonyl (C=O) groups excluding carboxylic acids is 1. The summed E-state index contributed by atoms with van der Waals surface area (Å²) >= 11 is 1.43. The highest BCUT2D eigenvalue weighted by molar-refractivity contribution is 7.17. The van der Waals surface area contributed by atoms with Crippen molar-refractivity contribution in [3.8, 4) is 33.1 Å². The van der Waals surface area contributed by atoms with E-state index in [4.69, 9.17) is 0 Å². The molecule has 0 bridgehead atoms. The van der Waals surface area contributed by atoms with Gasteiger partial charge in [-0.05, 0) is 60.0 Å². The topological polar surface area (TPSA) is 57.5 Å². The lowest BCUT2D eigenvalue weighted by atomic mass is 9.99. The summed E-state index contributed by atoms with van der Waals surface area (Å²) in [7, 11) is 0. The molecule has 0 aliphatic rings. The molecule has 0 spiro atoms. The maximum Gasteiger partial charge on any atom is 0.160 e. The molecule has 0 unspecified atom stereocenters. The minimum absolute atomic E-state index is 0.197. The van der Waals surface area contributed by atoms with Crippen molar-refractivity contribution in [2.75, 3.05) is 0 Å². The Morgan fingerprint density at radius 3 is 1.86 bits per heavy atom. The normalized spacial score (nSPS) is 10.6. The Labute approximate surface area is 132 Å². The molecule has 2 aromatic carbocycles. The summed E-state index contributed by atoms with van der Waals surface area (Å²) in [5.74, 6) is 0.412. The molecule has 4 heteroatoms. The summed E-state index contributed by atoms with van der Waals surface area (Å²) in [5, 5.41) is 18.8. The zero-order valence-corrected chi connectivity index (χ0v) is 12.7. The van der Waals surface area contributed by atoms with E-state index >= 15 is 0 Å². The predicted molar refractivity (Wildman–Crippen MR) is 88.6 cm³/mol. The van der Waals surface area contributed by atoms with Gasteiger partial charge in [0.05, 0.1) is 4.88 Å². The number of phenols is 2. The molecule has 0 saturated carbocycles. The van der Waals surface area contributed by atoms with Crippen molar-refractivity contribution >= 4 is 17.6 Å². The van der Waals surface area contributed by atoms with E-state index < -0.39 is 0 Å². The van der Waals surface area contributed by atoms with Crippen LogP contribution < -0.4 is 0 Å². The maximum absolute atomic E-state index is 11.4. The molecule has 0 radical (unpaired) electrons. The van der Waals surface area contributed by atoms with E-state index in [1.165, 1.54) is 11.3 Å². The van der Waals surface area contributed by atoms with Gasteiger partial charge in [-0.15, -0.1) is 11.3 Å². The molecule has 0 aliphatic heterocycles. The average molecular weight is 310 g/mol. The van der Waals surface area contributed by atoms with Gasteiger partial charge in [-0.2, -0.15) is 0 Å². The molecule has 0 aliphatic carbocycles. The van der Waals surface area contributed by atoms with Crippen LogP contribution in [-0.4, -0.2) is 16.5 Å². The third kappa shape index (κ3) is 2.49. The first-order valence-corrected chi connectivity index (χ1v) is 7.59. The van der Waals surface area contributed by atoms with Crippen LogP contribution in [0.3, 0.4) is 0 Å². The Hall–Kier alpha value is -2.59. The quantitative estimate of drug-likeness (QED) is 0.694. The van der Waals surface area contributed by atoms with Crippen molar-refractivity contribution < 1.29 is 15.0 Å². The molecule has 0 atom stereocenters. The van der Waals surface area contributed by atoms with Gasteiger partial charge >= 0.3 is 0 Å². The van der Waals surface area contributed by atoms with Gasteiger partial charge in [-0.1, -0.05) is 12.1 Å². The first kappa shape index (κ1) is 14.4. The van der Waals surface area contributed by atoms with Gasteiger partial charge in [0.1, 0.15) is 11.5 Å². The molecule has 22 heavy (non-hydrogen) atoms. The molecule has 1 heterocycles. The molecule has 3 aromatic rings. The predicted octanol–water partition coefficient (Wildman–Crippen LogP) is 4.61. The van der Waals surface area contributed by atoms with Crippen molar-refractivity contribution in [2.24, 2.45) is 0 Å². The monoisotopic (exact) mass is 310 g/mol. The standard InChI is InChI=1S/C18H14O3S/c1-11-17(12-2-6-14(20)7-3-12)16(10-19)22-18(11)13-4-8-15(21)9-5-13/h2-10,20-21H,1H3. The Balaban J connectivity index is 2.17. The number of carbonyl (C=O) groups is 1. The van der Waals surface area contributed by atoms with Gasteiger partial charge in [0, 0.05) is 10.4 Å². The lowest BCUT2D eigenvalue weighted by molar-refractivity contribution is 0.112. The molecule has 2 N–H and O–H groups in total. The number of rotatable bonds is 3. The minimum Gasteiger partial charge on any atom is -0.508 e. The van der Waals surface area contributed by atoms with Crippen molar-refractivity contribution in [3.05, 3.63) is 59.0 Å². The zero-order chi connectivity index (χ0) is 15.7. The number of aromatic hydroxyl groups is 2. The van der Waals surface area contributed by atoms with Gasteiger partial charge in [0.15, 0.2) is 6.29 Å². The summed E-state index contributed by atoms with van der Waals surface area (Å²) in [4.78, 5) is 13.1. The van der Waals surface area contributed by atoms with E-state index in [1.54, 1.807) is 36.4 Å². The van der Waals surface area contributed by atoms with E-state index in [-0.39, 0.29) is 11.5 Å². The highest BCUT2D eigenvalue weighted by atomic mass is 32.1. The van der Waals surface area contributed by atoms with Crippen molar-refractivity contribution in [1.29, 1.82) is 0 Å². The Bertz CT molecular complexity index is 815. The minimum atomic E-state index is 0.197. The Kier molecular flexibility index (Phi) is 3.69. The van der Waals surface area contributed by atoms with Gasteiger partial charge in [0.25, 0.3) is 0 Å². The Morgan fingerprint density at radius 1 is 0.864 bits per heavy atom. The third-order valence-electron chi connectivity index (χ3n) is 3.57. The first-order chi connectivity index (χ1) is 10.6. The largest absolute Gasteiger partial charge is 0.508 e. The van der Waals surface area contributed by atoms with Crippen LogP contribution in [0, 0.1) is 6.92 Å². The van der Waals surface area contributed by atoms with E-state index in [0.717, 1.165) is 33.4 Å². The van der Waals surface area contributed by atoms with Crippen LogP contribution in [0.1, 0.15) is 15.2 Å². The smallest absolute Gasteiger partial charge is 0.160 e. The molecular formula is C18H14O3S. The zero-order valence-electron chi connectivity index (χ0n) is 11.9. The summed E-state index contributed by atoms with van der Waals surface area (Å²) < 4.78 is 0. The van der Waals surface area contributed by atoms with E-state index in [1.807, 2.05) is 19.1 Å². The van der Waals surface area contributed by atoms with Crippen molar-refractivity contribution in [2.45, 2.75) is 6.92 Å². The molecule has 110 valence electrons. The summed E-state index contributed by atoms with van der Waals surface area (Å²) in [6, 6.07) is 13.8. The second kappa shape index (κ2) is 5.66. The van der Waals surface area contributed by atoms with Crippen LogP contribution in [0.15, 0.2) is 48.5 Å². The fourth-order valence-corrected chi connectivity index (χ4v) is 3.64. The van der Waals surface area contributed by atoms with Crippen molar-refractivity contribution in [3.63, 3.8) is 0 Å². The lowest BCUT2D eigenvalue weighted by Crippen LogP contribution is -1.84. The number of aldehydes is 1. The molecule has 0 fully saturated rings. The molecule has 1 aromatic heterocycles. The summed E-state index contributed by atoms with van der Waals surface area (Å²) in [6.45, 7) is 1.98. The maximum atomic E-state index is 11.4. The number of benzene rings is 2. The highest BCUT2D eigenvalue weighted by Crippen LogP contribution is 2.41. The van der Waals surface area contributed by atoms with E-state index in [9.17, 15) is 15.0 Å². The van der Waals surface area contributed by atoms with Crippen LogP contribution in [0.4, 0.5) is 0 Å². The van der Waals surface area contributed by atoms with Crippen LogP contribution >= 0.6 is 11.3 Å². The number of thiophene rings is 1. The number of hydrogen-bond acceptors (Lipinski definition) is 4. The van der Waals surface area contributed by atoms with Crippen LogP contribution in [-0.2, 0) is 0 Å². The summed E-state index contributed by atoms with van der Waals surface area (Å²) in [6.07, 6.45) is 0.865. The fraction of sp³-hybridized carbons (Fsp3) is 0.0556. The molecule has 0 amide bonds. The van der Waals surface area contributed by atoms with Crippen LogP contribution in [0.5, 0.6) is 11.5 Å². The van der Waals surface area contributed by atoms with E-state index in [0.29, 0.717) is 4.88 Å². The van der Waals surface area contributed by atoms with E-state index in [2.05, 4.69) is 0 Å². The van der Waals surface area contributed by atoms with Crippen LogP contribution in [0.2, 0.25) is 0 Å². The highest BCUT2D eigenvalue weighted by Gasteiger charge is 2.17. The van der Waals surface area contributed by atoms with Gasteiger partial charge in [-0.3, -0.25) is 4.79 Å². The molecular weight excluding hydrogens is 296 g/mol. The Morgan fingerprint density at radius 2 is 1.36 bits per heavy atom. The second-order valence-corrected chi connectivity index (χ2v) is 6.06. The first-order valence-electron chi connectivity index (χ1n) is 6.77. The van der Waals surface area contributed by atoms with Gasteiger partial charge in [-0.25, -0.2) is 0 Å². The SMILES string of the molecule is Cc1c(-c2ccc(O)cc2)sc(C=O)c1-c1ccc(O)cc1. The number of phenolic OH excluding ortho intramolecular Hbond substituents is 2. The lowest BCUT2D eigenvalue weighted by Gasteiger charge is -2.04.